The van der Waals surface area contributed by atoms with Gasteiger partial charge in [-0.25, -0.2) is 0 Å². The van der Waals surface area contributed by atoms with E-state index < -0.39 is 0 Å². The molecule has 0 saturated carbocycles. The SMILES string of the molecule is CCC=CC=CC#CCO. The average Bonchev–Trinajstić information content (AvgIpc) is 1.97. The highest BCUT2D eigenvalue weighted by atomic mass is 16.2. The van der Waals surface area contributed by atoms with Crippen LogP contribution in [0.4, 0.5) is 0 Å². The highest BCUT2D eigenvalue weighted by Gasteiger charge is 1.61. The van der Waals surface area contributed by atoms with Gasteiger partial charge in [-0.3, -0.25) is 0 Å². The topological polar surface area (TPSA) is 20.2 Å². The molecule has 0 fully saturated rings. The Morgan fingerprint density at radius 1 is 1.40 bits per heavy atom. The van der Waals surface area contributed by atoms with E-state index in [4.69, 9.17) is 5.11 Å². The van der Waals surface area contributed by atoms with Crippen LogP contribution in [0.1, 0.15) is 13.3 Å². The second kappa shape index (κ2) is 8.00. The van der Waals surface area contributed by atoms with Gasteiger partial charge in [-0.2, -0.15) is 0 Å². The molecule has 0 radical (unpaired) electrons. The maximum Gasteiger partial charge on any atom is 0.104 e. The highest BCUT2D eigenvalue weighted by Crippen LogP contribution is 1.80. The zero-order chi connectivity index (χ0) is 7.66. The highest BCUT2D eigenvalue weighted by molar-refractivity contribution is 5.19. The van der Waals surface area contributed by atoms with Crippen molar-refractivity contribution >= 4 is 0 Å². The Balaban J connectivity index is 3.46. The third-order valence-corrected chi connectivity index (χ3v) is 0.844. The second-order valence-electron chi connectivity index (χ2n) is 1.67. The summed E-state index contributed by atoms with van der Waals surface area (Å²) in [4.78, 5) is 0. The molecule has 0 rings (SSSR count). The largest absolute Gasteiger partial charge is 0.384 e. The van der Waals surface area contributed by atoms with Gasteiger partial charge in [-0.15, -0.1) is 0 Å². The molecule has 0 bridgehead atoms. The summed E-state index contributed by atoms with van der Waals surface area (Å²) in [5.41, 5.74) is 0. The van der Waals surface area contributed by atoms with Gasteiger partial charge in [0.15, 0.2) is 0 Å². The molecule has 0 aliphatic carbocycles. The Bertz CT molecular complexity index is 167. The van der Waals surface area contributed by atoms with E-state index in [1.807, 2.05) is 18.2 Å². The standard InChI is InChI=1S/C9H12O/c1-2-3-4-5-6-7-8-9-10/h3-6,10H,2,9H2,1H3. The quantitative estimate of drug-likeness (QED) is 0.450. The Labute approximate surface area is 62.1 Å². The minimum absolute atomic E-state index is 0.0676. The summed E-state index contributed by atoms with van der Waals surface area (Å²) in [5, 5.41) is 8.24. The monoisotopic (exact) mass is 136 g/mol. The Morgan fingerprint density at radius 2 is 2.20 bits per heavy atom. The summed E-state index contributed by atoms with van der Waals surface area (Å²) in [5.74, 6) is 5.17. The van der Waals surface area contributed by atoms with Gasteiger partial charge in [0.2, 0.25) is 0 Å². The fourth-order valence-electron chi connectivity index (χ4n) is 0.423. The minimum atomic E-state index is -0.0676. The molecule has 0 amide bonds. The summed E-state index contributed by atoms with van der Waals surface area (Å²) in [6.45, 7) is 2.01. The van der Waals surface area contributed by atoms with Crippen molar-refractivity contribution in [1.29, 1.82) is 0 Å². The molecule has 0 aliphatic heterocycles. The van der Waals surface area contributed by atoms with E-state index in [-0.39, 0.29) is 6.61 Å². The van der Waals surface area contributed by atoms with Crippen LogP contribution in [0.2, 0.25) is 0 Å². The first-order valence-electron chi connectivity index (χ1n) is 3.32. The number of allylic oxidation sites excluding steroid dienone is 4. The minimum Gasteiger partial charge on any atom is -0.384 e. The van der Waals surface area contributed by atoms with E-state index in [0.29, 0.717) is 0 Å². The first kappa shape index (κ1) is 9.00. The van der Waals surface area contributed by atoms with Gasteiger partial charge >= 0.3 is 0 Å². The van der Waals surface area contributed by atoms with E-state index in [2.05, 4.69) is 18.8 Å². The summed E-state index contributed by atoms with van der Waals surface area (Å²) < 4.78 is 0. The zero-order valence-electron chi connectivity index (χ0n) is 6.17. The van der Waals surface area contributed by atoms with Crippen LogP contribution < -0.4 is 0 Å². The maximum absolute atomic E-state index is 8.24. The van der Waals surface area contributed by atoms with Crippen LogP contribution in [0.3, 0.4) is 0 Å². The van der Waals surface area contributed by atoms with Crippen molar-refractivity contribution in [1.82, 2.24) is 0 Å². The van der Waals surface area contributed by atoms with E-state index in [1.54, 1.807) is 6.08 Å². The molecule has 0 saturated heterocycles. The predicted octanol–water partition coefficient (Wildman–Crippen LogP) is 1.50. The lowest BCUT2D eigenvalue weighted by atomic mass is 10.4. The third-order valence-electron chi connectivity index (χ3n) is 0.844. The molecule has 0 spiro atoms. The number of aliphatic hydroxyl groups is 1. The fraction of sp³-hybridized carbons (Fsp3) is 0.333. The molecule has 10 heavy (non-hydrogen) atoms. The first-order chi connectivity index (χ1) is 4.91. The number of aliphatic hydroxyl groups excluding tert-OH is 1. The van der Waals surface area contributed by atoms with Crippen LogP contribution in [0.15, 0.2) is 24.3 Å². The van der Waals surface area contributed by atoms with Crippen molar-refractivity contribution in [2.24, 2.45) is 0 Å². The van der Waals surface area contributed by atoms with Crippen LogP contribution in [0, 0.1) is 11.8 Å². The van der Waals surface area contributed by atoms with Gasteiger partial charge in [0, 0.05) is 0 Å². The molecule has 1 heteroatoms. The van der Waals surface area contributed by atoms with Crippen LogP contribution in [0.25, 0.3) is 0 Å². The van der Waals surface area contributed by atoms with Crippen LogP contribution >= 0.6 is 0 Å². The molecule has 0 aromatic heterocycles. The summed E-state index contributed by atoms with van der Waals surface area (Å²) in [7, 11) is 0. The smallest absolute Gasteiger partial charge is 0.104 e. The first-order valence-corrected chi connectivity index (χ1v) is 3.32. The molecule has 1 nitrogen and oxygen atoms in total. The average molecular weight is 136 g/mol. The van der Waals surface area contributed by atoms with Gasteiger partial charge in [-0.1, -0.05) is 37.0 Å². The van der Waals surface area contributed by atoms with Gasteiger partial charge in [0.25, 0.3) is 0 Å². The zero-order valence-corrected chi connectivity index (χ0v) is 6.17. The van der Waals surface area contributed by atoms with Gasteiger partial charge < -0.3 is 5.11 Å². The lowest BCUT2D eigenvalue weighted by molar-refractivity contribution is 0.350. The van der Waals surface area contributed by atoms with Crippen LogP contribution in [0.5, 0.6) is 0 Å². The lowest BCUT2D eigenvalue weighted by Gasteiger charge is -1.71. The summed E-state index contributed by atoms with van der Waals surface area (Å²) in [6.07, 6.45) is 8.58. The summed E-state index contributed by atoms with van der Waals surface area (Å²) in [6, 6.07) is 0. The maximum atomic E-state index is 8.24. The van der Waals surface area contributed by atoms with Crippen molar-refractivity contribution < 1.29 is 5.11 Å². The fourth-order valence-corrected chi connectivity index (χ4v) is 0.423. The van der Waals surface area contributed by atoms with Crippen molar-refractivity contribution in [3.05, 3.63) is 24.3 Å². The molecule has 0 aromatic rings. The molecular formula is C9H12O. The molecule has 54 valence electrons. The third kappa shape index (κ3) is 7.00. The predicted molar refractivity (Wildman–Crippen MR) is 43.4 cm³/mol. The normalized spacial score (nSPS) is 10.2. The van der Waals surface area contributed by atoms with Crippen molar-refractivity contribution in [3.8, 4) is 11.8 Å². The molecule has 1 N–H and O–H groups in total. The second-order valence-corrected chi connectivity index (χ2v) is 1.67. The van der Waals surface area contributed by atoms with Gasteiger partial charge in [0.05, 0.1) is 0 Å². The molecule has 0 aromatic carbocycles. The Hall–Kier alpha value is -1.00. The van der Waals surface area contributed by atoms with Crippen molar-refractivity contribution in [3.63, 3.8) is 0 Å². The number of hydrogen-bond donors (Lipinski definition) is 1. The van der Waals surface area contributed by atoms with Crippen LogP contribution in [-0.4, -0.2) is 11.7 Å². The number of rotatable bonds is 2. The van der Waals surface area contributed by atoms with E-state index in [1.165, 1.54) is 0 Å². The Kier molecular flexibility index (Phi) is 7.20. The van der Waals surface area contributed by atoms with E-state index in [9.17, 15) is 0 Å². The summed E-state index contributed by atoms with van der Waals surface area (Å²) >= 11 is 0. The van der Waals surface area contributed by atoms with Crippen LogP contribution in [-0.2, 0) is 0 Å². The molecule has 0 heterocycles. The molecular weight excluding hydrogens is 124 g/mol. The molecule has 0 atom stereocenters. The molecule has 0 unspecified atom stereocenters. The molecule has 0 aliphatic rings. The van der Waals surface area contributed by atoms with Gasteiger partial charge in [-0.05, 0) is 12.5 Å². The number of hydrogen-bond acceptors (Lipinski definition) is 1. The van der Waals surface area contributed by atoms with Crippen molar-refractivity contribution in [2.75, 3.05) is 6.61 Å². The van der Waals surface area contributed by atoms with E-state index in [0.717, 1.165) is 6.42 Å². The Morgan fingerprint density at radius 3 is 2.80 bits per heavy atom. The van der Waals surface area contributed by atoms with Crippen molar-refractivity contribution in [2.45, 2.75) is 13.3 Å². The van der Waals surface area contributed by atoms with E-state index >= 15 is 0 Å². The lowest BCUT2D eigenvalue weighted by Crippen LogP contribution is -1.68. The van der Waals surface area contributed by atoms with Gasteiger partial charge in [0.1, 0.15) is 6.61 Å².